The van der Waals surface area contributed by atoms with E-state index in [-0.39, 0.29) is 6.04 Å². The summed E-state index contributed by atoms with van der Waals surface area (Å²) in [5.41, 5.74) is 13.0. The molecule has 0 saturated heterocycles. The second kappa shape index (κ2) is 12.3. The van der Waals surface area contributed by atoms with Gasteiger partial charge in [-0.2, -0.15) is 0 Å². The summed E-state index contributed by atoms with van der Waals surface area (Å²) in [4.78, 5) is 10.1. The molecule has 10 aromatic rings. The lowest BCUT2D eigenvalue weighted by molar-refractivity contribution is 0.817. The molecule has 0 spiro atoms. The van der Waals surface area contributed by atoms with Crippen molar-refractivity contribution in [3.8, 4) is 5.69 Å². The van der Waals surface area contributed by atoms with Gasteiger partial charge in [0.25, 0.3) is 0 Å². The maximum Gasteiger partial charge on any atom is 0.157 e. The minimum absolute atomic E-state index is 0.190. The molecule has 7 aromatic carbocycles. The topological polar surface area (TPSA) is 55.7 Å². The summed E-state index contributed by atoms with van der Waals surface area (Å²) in [5.74, 6) is 1.05. The minimum atomic E-state index is -0.190. The first-order valence-electron chi connectivity index (χ1n) is 17.4. The number of aliphatic imine (C=N–C) groups is 2. The Kier molecular flexibility index (Phi) is 7.27. The van der Waals surface area contributed by atoms with E-state index >= 15 is 0 Å². The molecule has 6 heteroatoms. The molecule has 10 rings (SSSR count). The zero-order valence-electron chi connectivity index (χ0n) is 28.3. The van der Waals surface area contributed by atoms with Crippen LogP contribution in [0.4, 0.5) is 0 Å². The van der Waals surface area contributed by atoms with Crippen molar-refractivity contribution in [2.75, 3.05) is 0 Å². The third kappa shape index (κ3) is 4.87. The molecule has 0 amide bonds. The highest BCUT2D eigenvalue weighted by Gasteiger charge is 2.24. The Morgan fingerprint density at radius 3 is 1.87 bits per heavy atom. The fourth-order valence-electron chi connectivity index (χ4n) is 7.62. The summed E-state index contributed by atoms with van der Waals surface area (Å²) in [6.45, 7) is 2.13. The van der Waals surface area contributed by atoms with Crippen molar-refractivity contribution in [2.24, 2.45) is 15.7 Å². The molecule has 0 aliphatic rings. The average Bonchev–Trinajstić information content (AvgIpc) is 3.88. The van der Waals surface area contributed by atoms with Gasteiger partial charge in [0, 0.05) is 58.5 Å². The Balaban J connectivity index is 1.23. The molecule has 1 atom stereocenters. The van der Waals surface area contributed by atoms with E-state index in [0.29, 0.717) is 11.7 Å². The van der Waals surface area contributed by atoms with Crippen molar-refractivity contribution in [3.63, 3.8) is 0 Å². The van der Waals surface area contributed by atoms with Gasteiger partial charge in [0.1, 0.15) is 5.84 Å². The van der Waals surface area contributed by atoms with Gasteiger partial charge in [0.15, 0.2) is 5.84 Å². The Hall–Kier alpha value is -6.08. The zero-order valence-corrected chi connectivity index (χ0v) is 30.0. The van der Waals surface area contributed by atoms with Gasteiger partial charge in [0.05, 0.1) is 26.5 Å². The number of thiophene rings is 2. The van der Waals surface area contributed by atoms with Crippen LogP contribution in [-0.2, 0) is 0 Å². The smallest absolute Gasteiger partial charge is 0.157 e. The fourth-order valence-corrected chi connectivity index (χ4v) is 10.2. The van der Waals surface area contributed by atoms with Crippen LogP contribution in [0.25, 0.3) is 67.8 Å². The monoisotopic (exact) mass is 704 g/mol. The summed E-state index contributed by atoms with van der Waals surface area (Å²) < 4.78 is 7.83. The number of fused-ring (bicyclic) bond motifs is 12. The summed E-state index contributed by atoms with van der Waals surface area (Å²) >= 11 is 3.82. The Morgan fingerprint density at radius 1 is 0.577 bits per heavy atom. The van der Waals surface area contributed by atoms with E-state index in [1.54, 1.807) is 0 Å². The average molecular weight is 705 g/mol. The van der Waals surface area contributed by atoms with Gasteiger partial charge in [0.2, 0.25) is 0 Å². The van der Waals surface area contributed by atoms with Crippen LogP contribution in [-0.4, -0.2) is 16.2 Å². The lowest BCUT2D eigenvalue weighted by Crippen LogP contribution is -2.16. The van der Waals surface area contributed by atoms with Gasteiger partial charge >= 0.3 is 0 Å². The molecule has 0 bridgehead atoms. The number of amidine groups is 2. The highest BCUT2D eigenvalue weighted by atomic mass is 32.1. The van der Waals surface area contributed by atoms with E-state index in [4.69, 9.17) is 15.7 Å². The number of hydrogen-bond donors (Lipinski definition) is 1. The predicted octanol–water partition coefficient (Wildman–Crippen LogP) is 12.4. The third-order valence-electron chi connectivity index (χ3n) is 10.0. The number of aromatic nitrogens is 1. The van der Waals surface area contributed by atoms with Crippen LogP contribution < -0.4 is 5.73 Å². The van der Waals surface area contributed by atoms with Crippen molar-refractivity contribution in [1.82, 2.24) is 4.57 Å². The van der Waals surface area contributed by atoms with E-state index < -0.39 is 0 Å². The van der Waals surface area contributed by atoms with E-state index in [9.17, 15) is 0 Å². The van der Waals surface area contributed by atoms with Gasteiger partial charge in [-0.1, -0.05) is 127 Å². The third-order valence-corrected chi connectivity index (χ3v) is 12.5. The lowest BCUT2D eigenvalue weighted by atomic mass is 10.0. The quantitative estimate of drug-likeness (QED) is 0.141. The van der Waals surface area contributed by atoms with E-state index in [1.165, 1.54) is 62.2 Å². The molecule has 1 unspecified atom stereocenters. The molecule has 3 heterocycles. The number of nitrogens with two attached hydrogens (primary N) is 1. The van der Waals surface area contributed by atoms with Gasteiger partial charge in [-0.25, -0.2) is 4.99 Å². The summed E-state index contributed by atoms with van der Waals surface area (Å²) in [5, 5.41) is 7.85. The van der Waals surface area contributed by atoms with Gasteiger partial charge in [-0.3, -0.25) is 4.99 Å². The van der Waals surface area contributed by atoms with Crippen LogP contribution in [0.1, 0.15) is 29.7 Å². The van der Waals surface area contributed by atoms with Crippen LogP contribution in [0.5, 0.6) is 0 Å². The van der Waals surface area contributed by atoms with Crippen LogP contribution >= 0.6 is 22.7 Å². The number of hydrogen-bond acceptors (Lipinski definition) is 3. The summed E-state index contributed by atoms with van der Waals surface area (Å²) in [6.07, 6.45) is 0. The molecule has 0 aliphatic carbocycles. The van der Waals surface area contributed by atoms with E-state index in [1.807, 2.05) is 83.3 Å². The molecule has 0 fully saturated rings. The van der Waals surface area contributed by atoms with E-state index in [0.717, 1.165) is 22.4 Å². The Morgan fingerprint density at radius 2 is 1.15 bits per heavy atom. The molecule has 3 aromatic heterocycles. The molecular formula is C46H32N4S2. The Bertz CT molecular complexity index is 3040. The van der Waals surface area contributed by atoms with Crippen molar-refractivity contribution in [3.05, 3.63) is 174 Å². The largest absolute Gasteiger partial charge is 0.383 e. The number of para-hydroxylation sites is 1. The van der Waals surface area contributed by atoms with Crippen LogP contribution in [0.15, 0.2) is 168 Å². The maximum absolute atomic E-state index is 6.55. The highest BCUT2D eigenvalue weighted by Crippen LogP contribution is 2.52. The van der Waals surface area contributed by atoms with Crippen molar-refractivity contribution in [2.45, 2.75) is 13.0 Å². The molecule has 52 heavy (non-hydrogen) atoms. The SMILES string of the molecule is CC(N=C(N=C(N)c1ccccc1)c1ccccc1)c1cccc(-n2c3ccccc3c3c4c5ccccc5sc4c4sc5ccccc5c4c32)c1. The van der Waals surface area contributed by atoms with Crippen molar-refractivity contribution < 1.29 is 0 Å². The minimum Gasteiger partial charge on any atom is -0.383 e. The fraction of sp³-hybridized carbons (Fsp3) is 0.0435. The zero-order chi connectivity index (χ0) is 34.8. The number of rotatable bonds is 5. The second-order valence-electron chi connectivity index (χ2n) is 13.1. The summed E-state index contributed by atoms with van der Waals surface area (Å²) in [7, 11) is 0. The molecule has 2 N–H and O–H groups in total. The molecule has 0 aliphatic heterocycles. The van der Waals surface area contributed by atoms with Crippen LogP contribution in [0.3, 0.4) is 0 Å². The standard InChI is InChI=1S/C46H32N4S2/c1-28(48-46(30-17-6-3-7-18-30)49-45(47)29-15-4-2-5-16-29)31-19-14-20-32(27-31)50-36-24-11-8-21-33(36)39-40-34-22-9-12-25-37(34)51-43(40)44-41(42(39)50)35-23-10-13-26-38(35)52-44/h2-28H,1H3,(H2,47,48,49). The molecular weight excluding hydrogens is 673 g/mol. The van der Waals surface area contributed by atoms with Gasteiger partial charge < -0.3 is 10.3 Å². The highest BCUT2D eigenvalue weighted by molar-refractivity contribution is 7.33. The van der Waals surface area contributed by atoms with Crippen molar-refractivity contribution in [1.29, 1.82) is 0 Å². The Labute approximate surface area is 308 Å². The van der Waals surface area contributed by atoms with Gasteiger partial charge in [-0.05, 0) is 42.8 Å². The maximum atomic E-state index is 6.55. The number of nitrogens with zero attached hydrogens (tertiary/aromatic N) is 3. The second-order valence-corrected chi connectivity index (χ2v) is 15.2. The van der Waals surface area contributed by atoms with Gasteiger partial charge in [-0.15, -0.1) is 22.7 Å². The predicted molar refractivity (Wildman–Crippen MR) is 225 cm³/mol. The van der Waals surface area contributed by atoms with Crippen LogP contribution in [0, 0.1) is 0 Å². The normalized spacial score (nSPS) is 13.3. The molecule has 0 saturated carbocycles. The first-order valence-corrected chi connectivity index (χ1v) is 19.1. The first kappa shape index (κ1) is 30.7. The summed E-state index contributed by atoms with van der Waals surface area (Å²) in [6, 6.07) is 55.2. The first-order chi connectivity index (χ1) is 25.6. The molecule has 248 valence electrons. The van der Waals surface area contributed by atoms with E-state index in [2.05, 4.69) is 109 Å². The van der Waals surface area contributed by atoms with Crippen LogP contribution in [0.2, 0.25) is 0 Å². The lowest BCUT2D eigenvalue weighted by Gasteiger charge is -2.14. The number of benzene rings is 7. The molecule has 4 nitrogen and oxygen atoms in total. The van der Waals surface area contributed by atoms with Crippen molar-refractivity contribution >= 4 is 96.5 Å². The molecule has 0 radical (unpaired) electrons.